The zero-order valence-electron chi connectivity index (χ0n) is 10.3. The fraction of sp³-hybridized carbons (Fsp3) is 0.462. The van der Waals surface area contributed by atoms with Crippen LogP contribution >= 0.6 is 0 Å². The average molecular weight is 221 g/mol. The van der Waals surface area contributed by atoms with Crippen molar-refractivity contribution >= 4 is 11.6 Å². The molecule has 1 amide bonds. The van der Waals surface area contributed by atoms with Crippen molar-refractivity contribution < 1.29 is 9.90 Å². The monoisotopic (exact) mass is 221 g/mol. The number of amides is 1. The minimum absolute atomic E-state index is 0.000603. The van der Waals surface area contributed by atoms with Crippen LogP contribution in [0.15, 0.2) is 18.2 Å². The molecule has 16 heavy (non-hydrogen) atoms. The summed E-state index contributed by atoms with van der Waals surface area (Å²) in [6, 6.07) is 5.31. The van der Waals surface area contributed by atoms with Crippen molar-refractivity contribution in [1.82, 2.24) is 0 Å². The van der Waals surface area contributed by atoms with Crippen molar-refractivity contribution in [3.05, 3.63) is 23.8 Å². The van der Waals surface area contributed by atoms with Gasteiger partial charge in [0.25, 0.3) is 0 Å². The predicted molar refractivity (Wildman–Crippen MR) is 65.7 cm³/mol. The van der Waals surface area contributed by atoms with Gasteiger partial charge < -0.3 is 10.4 Å². The first-order valence-corrected chi connectivity index (χ1v) is 5.48. The van der Waals surface area contributed by atoms with Crippen LogP contribution in [0.25, 0.3) is 0 Å². The van der Waals surface area contributed by atoms with Crippen molar-refractivity contribution in [2.45, 2.75) is 39.5 Å². The number of anilines is 1. The molecule has 1 aromatic rings. The molecule has 0 heterocycles. The Morgan fingerprint density at radius 1 is 1.38 bits per heavy atom. The third kappa shape index (κ3) is 2.99. The van der Waals surface area contributed by atoms with E-state index in [4.69, 9.17) is 0 Å². The van der Waals surface area contributed by atoms with E-state index in [1.807, 2.05) is 12.1 Å². The smallest absolute Gasteiger partial charge is 0.224 e. The molecule has 0 aliphatic carbocycles. The van der Waals surface area contributed by atoms with Gasteiger partial charge >= 0.3 is 0 Å². The highest BCUT2D eigenvalue weighted by molar-refractivity contribution is 5.92. The van der Waals surface area contributed by atoms with Gasteiger partial charge in [0.2, 0.25) is 5.91 Å². The molecular weight excluding hydrogens is 202 g/mol. The fourth-order valence-electron chi connectivity index (χ4n) is 1.34. The number of hydrogen-bond acceptors (Lipinski definition) is 2. The summed E-state index contributed by atoms with van der Waals surface area (Å²) in [5, 5.41) is 12.3. The van der Waals surface area contributed by atoms with Gasteiger partial charge in [-0.2, -0.15) is 0 Å². The van der Waals surface area contributed by atoms with Crippen molar-refractivity contribution in [2.24, 2.45) is 0 Å². The topological polar surface area (TPSA) is 49.3 Å². The van der Waals surface area contributed by atoms with Gasteiger partial charge in [-0.15, -0.1) is 0 Å². The third-order valence-corrected chi connectivity index (χ3v) is 2.46. The Morgan fingerprint density at radius 2 is 2.00 bits per heavy atom. The van der Waals surface area contributed by atoms with E-state index in [2.05, 4.69) is 26.1 Å². The summed E-state index contributed by atoms with van der Waals surface area (Å²) in [4.78, 5) is 11.3. The Hall–Kier alpha value is -1.51. The number of benzene rings is 1. The summed E-state index contributed by atoms with van der Waals surface area (Å²) in [6.07, 6.45) is 0.402. The van der Waals surface area contributed by atoms with Gasteiger partial charge in [0.15, 0.2) is 0 Å². The number of phenols is 1. The molecule has 88 valence electrons. The molecule has 0 atom stereocenters. The Labute approximate surface area is 96.5 Å². The number of carbonyl (C=O) groups excluding carboxylic acids is 1. The van der Waals surface area contributed by atoms with Gasteiger partial charge in [0.05, 0.1) is 5.69 Å². The third-order valence-electron chi connectivity index (χ3n) is 2.46. The number of carbonyl (C=O) groups is 1. The van der Waals surface area contributed by atoms with Gasteiger partial charge in [-0.25, -0.2) is 0 Å². The van der Waals surface area contributed by atoms with Crippen LogP contribution in [-0.4, -0.2) is 11.0 Å². The molecule has 0 radical (unpaired) electrons. The Balaban J connectivity index is 3.04. The zero-order chi connectivity index (χ0) is 12.3. The van der Waals surface area contributed by atoms with Crippen LogP contribution < -0.4 is 5.32 Å². The van der Waals surface area contributed by atoms with Crippen LogP contribution in [0.1, 0.15) is 39.7 Å². The molecule has 3 heteroatoms. The van der Waals surface area contributed by atoms with Gasteiger partial charge in [0.1, 0.15) is 5.75 Å². The minimum Gasteiger partial charge on any atom is -0.506 e. The van der Waals surface area contributed by atoms with E-state index < -0.39 is 0 Å². The van der Waals surface area contributed by atoms with Crippen LogP contribution in [0.4, 0.5) is 5.69 Å². The lowest BCUT2D eigenvalue weighted by Gasteiger charge is -2.20. The quantitative estimate of drug-likeness (QED) is 0.754. The van der Waals surface area contributed by atoms with E-state index in [0.29, 0.717) is 12.1 Å². The minimum atomic E-state index is -0.0960. The Bertz CT molecular complexity index is 391. The van der Waals surface area contributed by atoms with E-state index in [9.17, 15) is 9.90 Å². The van der Waals surface area contributed by atoms with Crippen LogP contribution in [0.3, 0.4) is 0 Å². The SMILES string of the molecule is CCC(=O)Nc1cc(C(C)(C)C)ccc1O. The molecular formula is C13H19NO2. The number of rotatable bonds is 2. The molecule has 0 aromatic heterocycles. The molecule has 3 nitrogen and oxygen atoms in total. The Morgan fingerprint density at radius 3 is 2.50 bits per heavy atom. The second-order valence-corrected chi connectivity index (χ2v) is 4.88. The highest BCUT2D eigenvalue weighted by Crippen LogP contribution is 2.30. The van der Waals surface area contributed by atoms with Crippen molar-refractivity contribution in [1.29, 1.82) is 0 Å². The first-order valence-electron chi connectivity index (χ1n) is 5.48. The van der Waals surface area contributed by atoms with Crippen LogP contribution in [0, 0.1) is 0 Å². The van der Waals surface area contributed by atoms with Crippen molar-refractivity contribution in [2.75, 3.05) is 5.32 Å². The lowest BCUT2D eigenvalue weighted by atomic mass is 9.87. The summed E-state index contributed by atoms with van der Waals surface area (Å²) in [7, 11) is 0. The van der Waals surface area contributed by atoms with Gasteiger partial charge in [-0.05, 0) is 23.1 Å². The van der Waals surface area contributed by atoms with Crippen LogP contribution in [0.5, 0.6) is 5.75 Å². The lowest BCUT2D eigenvalue weighted by Crippen LogP contribution is -2.13. The van der Waals surface area contributed by atoms with E-state index in [1.165, 1.54) is 0 Å². The average Bonchev–Trinajstić information content (AvgIpc) is 2.19. The Kier molecular flexibility index (Phi) is 3.58. The number of hydrogen-bond donors (Lipinski definition) is 2. The van der Waals surface area contributed by atoms with Crippen LogP contribution in [-0.2, 0) is 10.2 Å². The highest BCUT2D eigenvalue weighted by Gasteiger charge is 2.15. The molecule has 1 rings (SSSR count). The zero-order valence-corrected chi connectivity index (χ0v) is 10.3. The molecule has 0 aliphatic heterocycles. The molecule has 0 spiro atoms. The summed E-state index contributed by atoms with van der Waals surface area (Å²) < 4.78 is 0. The molecule has 0 unspecified atom stereocenters. The molecule has 1 aromatic carbocycles. The van der Waals surface area contributed by atoms with Crippen molar-refractivity contribution in [3.63, 3.8) is 0 Å². The van der Waals surface area contributed by atoms with Crippen LogP contribution in [0.2, 0.25) is 0 Å². The second kappa shape index (κ2) is 4.56. The number of nitrogens with one attached hydrogen (secondary N) is 1. The molecule has 2 N–H and O–H groups in total. The van der Waals surface area contributed by atoms with Gasteiger partial charge in [-0.3, -0.25) is 4.79 Å². The first kappa shape index (κ1) is 12.6. The largest absolute Gasteiger partial charge is 0.506 e. The van der Waals surface area contributed by atoms with E-state index in [0.717, 1.165) is 5.56 Å². The predicted octanol–water partition coefficient (Wildman–Crippen LogP) is 3.04. The maximum absolute atomic E-state index is 11.3. The lowest BCUT2D eigenvalue weighted by molar-refractivity contribution is -0.115. The van der Waals surface area contributed by atoms with Gasteiger partial charge in [-0.1, -0.05) is 33.8 Å². The molecule has 0 fully saturated rings. The highest BCUT2D eigenvalue weighted by atomic mass is 16.3. The molecule has 0 bridgehead atoms. The maximum atomic E-state index is 11.3. The standard InChI is InChI=1S/C13H19NO2/c1-5-12(16)14-10-8-9(13(2,3)4)6-7-11(10)15/h6-8,15H,5H2,1-4H3,(H,14,16). The van der Waals surface area contributed by atoms with E-state index in [1.54, 1.807) is 13.0 Å². The van der Waals surface area contributed by atoms with Crippen molar-refractivity contribution in [3.8, 4) is 5.75 Å². The molecule has 0 saturated heterocycles. The summed E-state index contributed by atoms with van der Waals surface area (Å²) in [5.41, 5.74) is 1.57. The summed E-state index contributed by atoms with van der Waals surface area (Å²) in [6.45, 7) is 8.04. The first-order chi connectivity index (χ1) is 7.34. The normalized spacial score (nSPS) is 11.2. The molecule has 0 saturated carbocycles. The van der Waals surface area contributed by atoms with E-state index in [-0.39, 0.29) is 17.1 Å². The van der Waals surface area contributed by atoms with Gasteiger partial charge in [0, 0.05) is 6.42 Å². The molecule has 0 aliphatic rings. The summed E-state index contributed by atoms with van der Waals surface area (Å²) in [5.74, 6) is 0.0103. The number of aromatic hydroxyl groups is 1. The summed E-state index contributed by atoms with van der Waals surface area (Å²) >= 11 is 0. The number of phenolic OH excluding ortho intramolecular Hbond substituents is 1. The van der Waals surface area contributed by atoms with E-state index >= 15 is 0 Å². The maximum Gasteiger partial charge on any atom is 0.224 e. The second-order valence-electron chi connectivity index (χ2n) is 4.88. The fourth-order valence-corrected chi connectivity index (χ4v) is 1.34.